The van der Waals surface area contributed by atoms with Gasteiger partial charge >= 0.3 is 0 Å². The molecule has 0 spiro atoms. The molecule has 0 unspecified atom stereocenters. The van der Waals surface area contributed by atoms with Gasteiger partial charge in [0, 0.05) is 11.8 Å². The first kappa shape index (κ1) is 28.5. The van der Waals surface area contributed by atoms with Crippen LogP contribution in [0, 0.1) is 41.4 Å². The van der Waals surface area contributed by atoms with Crippen molar-refractivity contribution >= 4 is 0 Å². The van der Waals surface area contributed by atoms with Gasteiger partial charge in [-0.15, -0.1) is 0 Å². The Hall–Kier alpha value is -0.480. The molecule has 0 N–H and O–H groups in total. The van der Waals surface area contributed by atoms with Gasteiger partial charge in [-0.05, 0) is 87.0 Å². The molecule has 0 aromatic heterocycles. The summed E-state index contributed by atoms with van der Waals surface area (Å²) in [5, 5.41) is 0. The summed E-state index contributed by atoms with van der Waals surface area (Å²) in [6, 6.07) is 0. The number of halogens is 2. The van der Waals surface area contributed by atoms with Crippen molar-refractivity contribution in [1.82, 2.24) is 0 Å². The second-order valence-corrected chi connectivity index (χ2v) is 13.0. The van der Waals surface area contributed by atoms with Crippen LogP contribution >= 0.6 is 0 Å². The van der Waals surface area contributed by atoms with Crippen LogP contribution in [0.4, 0.5) is 8.78 Å². The molecule has 2 nitrogen and oxygen atoms in total. The SMILES string of the molecule is CCCCC1CCC(CCC2CCC(C3CCC(C4OCC(CCC=C(F)F)CO4)CC3)CC2)CC1. The van der Waals surface area contributed by atoms with Crippen LogP contribution in [0.3, 0.4) is 0 Å². The summed E-state index contributed by atoms with van der Waals surface area (Å²) in [4.78, 5) is 0. The van der Waals surface area contributed by atoms with Crippen LogP contribution in [0.5, 0.6) is 0 Å². The molecule has 0 aromatic rings. The minimum atomic E-state index is -1.58. The summed E-state index contributed by atoms with van der Waals surface area (Å²) in [6.07, 6.45) is 24.9. The van der Waals surface area contributed by atoms with Gasteiger partial charge < -0.3 is 9.47 Å². The summed E-state index contributed by atoms with van der Waals surface area (Å²) < 4.78 is 36.5. The largest absolute Gasteiger partial charge is 0.352 e. The molecule has 1 aliphatic heterocycles. The van der Waals surface area contributed by atoms with Crippen LogP contribution in [0.1, 0.15) is 129 Å². The molecule has 4 fully saturated rings. The van der Waals surface area contributed by atoms with E-state index in [4.69, 9.17) is 9.47 Å². The third-order valence-corrected chi connectivity index (χ3v) is 10.5. The molecule has 36 heavy (non-hydrogen) atoms. The third kappa shape index (κ3) is 9.07. The lowest BCUT2D eigenvalue weighted by molar-refractivity contribution is -0.230. The van der Waals surface area contributed by atoms with Gasteiger partial charge in [-0.1, -0.05) is 77.6 Å². The molecule has 3 aliphatic carbocycles. The lowest BCUT2D eigenvalue weighted by atomic mass is 9.68. The van der Waals surface area contributed by atoms with Gasteiger partial charge in [-0.3, -0.25) is 0 Å². The van der Waals surface area contributed by atoms with Gasteiger partial charge in [0.25, 0.3) is 6.08 Å². The Labute approximate surface area is 220 Å². The van der Waals surface area contributed by atoms with Crippen molar-refractivity contribution in [1.29, 1.82) is 0 Å². The van der Waals surface area contributed by atoms with E-state index in [0.717, 1.165) is 42.1 Å². The Morgan fingerprint density at radius 3 is 1.61 bits per heavy atom. The highest BCUT2D eigenvalue weighted by Crippen LogP contribution is 2.44. The second-order valence-electron chi connectivity index (χ2n) is 13.0. The molecule has 3 saturated carbocycles. The van der Waals surface area contributed by atoms with Crippen molar-refractivity contribution in [3.8, 4) is 0 Å². The maximum atomic E-state index is 12.2. The highest BCUT2D eigenvalue weighted by molar-refractivity contribution is 4.85. The quantitative estimate of drug-likeness (QED) is 0.276. The fourth-order valence-electron chi connectivity index (χ4n) is 8.03. The number of hydrogen-bond acceptors (Lipinski definition) is 2. The summed E-state index contributed by atoms with van der Waals surface area (Å²) in [7, 11) is 0. The van der Waals surface area contributed by atoms with E-state index in [9.17, 15) is 8.78 Å². The van der Waals surface area contributed by atoms with E-state index in [1.54, 1.807) is 0 Å². The molecular weight excluding hydrogens is 454 g/mol. The Morgan fingerprint density at radius 1 is 0.611 bits per heavy atom. The van der Waals surface area contributed by atoms with Crippen molar-refractivity contribution in [3.63, 3.8) is 0 Å². The summed E-state index contributed by atoms with van der Waals surface area (Å²) >= 11 is 0. The number of ether oxygens (including phenoxy) is 2. The standard InChI is InChI=1S/C32H54F2O2/c1-2-3-5-24-8-10-25(11-9-24)12-13-26-14-16-28(17-15-26)29-18-20-30(21-19-29)32-35-22-27(23-36-32)6-4-7-31(33)34/h7,24-30,32H,2-6,8-23H2,1H3. The average Bonchev–Trinajstić information content (AvgIpc) is 2.92. The van der Waals surface area contributed by atoms with Gasteiger partial charge in [0.1, 0.15) is 0 Å². The molecule has 0 atom stereocenters. The number of allylic oxidation sites excluding steroid dienone is 1. The molecular formula is C32H54F2O2. The van der Waals surface area contributed by atoms with E-state index < -0.39 is 6.08 Å². The van der Waals surface area contributed by atoms with Crippen LogP contribution in [0.2, 0.25) is 0 Å². The Balaban J connectivity index is 1.05. The zero-order valence-electron chi connectivity index (χ0n) is 23.1. The lowest BCUT2D eigenvalue weighted by Gasteiger charge is -2.41. The van der Waals surface area contributed by atoms with E-state index in [1.807, 2.05) is 0 Å². The van der Waals surface area contributed by atoms with Crippen molar-refractivity contribution < 1.29 is 18.3 Å². The highest BCUT2D eigenvalue weighted by atomic mass is 19.3. The van der Waals surface area contributed by atoms with Crippen LogP contribution in [-0.2, 0) is 9.47 Å². The fraction of sp³-hybridized carbons (Fsp3) is 0.938. The first-order valence-corrected chi connectivity index (χ1v) is 15.8. The molecule has 0 aromatic carbocycles. The van der Waals surface area contributed by atoms with E-state index in [-0.39, 0.29) is 12.2 Å². The van der Waals surface area contributed by atoms with E-state index >= 15 is 0 Å². The summed E-state index contributed by atoms with van der Waals surface area (Å²) in [5.41, 5.74) is 0. The predicted molar refractivity (Wildman–Crippen MR) is 144 cm³/mol. The van der Waals surface area contributed by atoms with Gasteiger partial charge in [-0.2, -0.15) is 8.78 Å². The monoisotopic (exact) mass is 508 g/mol. The van der Waals surface area contributed by atoms with Gasteiger partial charge in [-0.25, -0.2) is 0 Å². The lowest BCUT2D eigenvalue weighted by Crippen LogP contribution is -2.39. The smallest absolute Gasteiger partial charge is 0.266 e. The van der Waals surface area contributed by atoms with Crippen molar-refractivity contribution in [2.45, 2.75) is 135 Å². The Kier molecular flexibility index (Phi) is 12.0. The van der Waals surface area contributed by atoms with Crippen molar-refractivity contribution in [2.24, 2.45) is 41.4 Å². The van der Waals surface area contributed by atoms with Crippen LogP contribution in [0.15, 0.2) is 12.2 Å². The van der Waals surface area contributed by atoms with Crippen molar-refractivity contribution in [2.75, 3.05) is 13.2 Å². The number of hydrogen-bond donors (Lipinski definition) is 0. The first-order chi connectivity index (χ1) is 17.6. The summed E-state index contributed by atoms with van der Waals surface area (Å²) in [5.74, 6) is 5.73. The second kappa shape index (κ2) is 15.2. The highest BCUT2D eigenvalue weighted by Gasteiger charge is 2.36. The van der Waals surface area contributed by atoms with Crippen molar-refractivity contribution in [3.05, 3.63) is 12.2 Å². The minimum absolute atomic E-state index is 0.0619. The maximum Gasteiger partial charge on any atom is 0.266 e. The molecule has 208 valence electrons. The fourth-order valence-corrected chi connectivity index (χ4v) is 8.03. The normalized spacial score (nSPS) is 38.0. The zero-order chi connectivity index (χ0) is 25.2. The average molecular weight is 509 g/mol. The van der Waals surface area contributed by atoms with Crippen LogP contribution in [0.25, 0.3) is 0 Å². The zero-order valence-corrected chi connectivity index (χ0v) is 23.1. The van der Waals surface area contributed by atoms with Gasteiger partial charge in [0.2, 0.25) is 0 Å². The maximum absolute atomic E-state index is 12.2. The minimum Gasteiger partial charge on any atom is -0.352 e. The van der Waals surface area contributed by atoms with Crippen LogP contribution in [-0.4, -0.2) is 19.5 Å². The van der Waals surface area contributed by atoms with Gasteiger partial charge in [0.15, 0.2) is 6.29 Å². The van der Waals surface area contributed by atoms with E-state index in [1.165, 1.54) is 109 Å². The van der Waals surface area contributed by atoms with E-state index in [0.29, 0.717) is 25.6 Å². The molecule has 0 amide bonds. The summed E-state index contributed by atoms with van der Waals surface area (Å²) in [6.45, 7) is 3.65. The predicted octanol–water partition coefficient (Wildman–Crippen LogP) is 9.93. The topological polar surface area (TPSA) is 18.5 Å². The third-order valence-electron chi connectivity index (χ3n) is 10.5. The Morgan fingerprint density at radius 2 is 1.08 bits per heavy atom. The van der Waals surface area contributed by atoms with E-state index in [2.05, 4.69) is 6.92 Å². The Bertz CT molecular complexity index is 616. The molecule has 4 heteroatoms. The first-order valence-electron chi connectivity index (χ1n) is 15.8. The molecule has 0 bridgehead atoms. The van der Waals surface area contributed by atoms with Crippen LogP contribution < -0.4 is 0 Å². The molecule has 1 heterocycles. The number of unbranched alkanes of at least 4 members (excludes halogenated alkanes) is 1. The molecule has 4 rings (SSSR count). The molecule has 4 aliphatic rings. The molecule has 0 radical (unpaired) electrons. The number of rotatable bonds is 11. The molecule has 1 saturated heterocycles. The van der Waals surface area contributed by atoms with Gasteiger partial charge in [0.05, 0.1) is 13.2 Å².